The highest BCUT2D eigenvalue weighted by molar-refractivity contribution is 4.74. The molecule has 0 aromatic heterocycles. The van der Waals surface area contributed by atoms with Crippen LogP contribution in [0.3, 0.4) is 0 Å². The molecule has 0 atom stereocenters. The van der Waals surface area contributed by atoms with Crippen LogP contribution in [0, 0.1) is 7.05 Å². The Morgan fingerprint density at radius 2 is 2.50 bits per heavy atom. The Hall–Kier alpha value is -0.210. The second-order valence-electron chi connectivity index (χ2n) is 0.940. The SMILES string of the molecule is [CH2+][N-]CCOC. The Bertz CT molecular complexity index is 19.5. The third-order valence-electron chi connectivity index (χ3n) is 0.454. The zero-order valence-corrected chi connectivity index (χ0v) is 3.98. The molecule has 0 aliphatic carbocycles. The lowest BCUT2D eigenvalue weighted by molar-refractivity contribution is 0.212. The van der Waals surface area contributed by atoms with Gasteiger partial charge in [-0.3, -0.25) is 0 Å². The van der Waals surface area contributed by atoms with Crippen molar-refractivity contribution in [1.29, 1.82) is 0 Å². The Kier molecular flexibility index (Phi) is 4.62. The standard InChI is InChI=1S/C4H9NO/c1-5-3-4-6-2/h1,3-4H2,2H3. The Morgan fingerprint density at radius 3 is 2.67 bits per heavy atom. The van der Waals surface area contributed by atoms with Crippen molar-refractivity contribution >= 4 is 0 Å². The molecule has 0 spiro atoms. The van der Waals surface area contributed by atoms with Crippen molar-refractivity contribution in [1.82, 2.24) is 0 Å². The van der Waals surface area contributed by atoms with Gasteiger partial charge in [0.2, 0.25) is 0 Å². The molecule has 6 heavy (non-hydrogen) atoms. The highest BCUT2D eigenvalue weighted by Gasteiger charge is 1.66. The highest BCUT2D eigenvalue weighted by atomic mass is 16.5. The Labute approximate surface area is 38.5 Å². The number of ether oxygens (including phenoxy) is 1. The predicted octanol–water partition coefficient (Wildman–Crippen LogP) is 0.798. The fourth-order valence-electron chi connectivity index (χ4n) is 0.156. The molecular weight excluding hydrogens is 78.0 g/mol. The molecule has 0 unspecified atom stereocenters. The zero-order valence-electron chi connectivity index (χ0n) is 3.98. The third kappa shape index (κ3) is 3.79. The van der Waals surface area contributed by atoms with Crippen LogP contribution >= 0.6 is 0 Å². The van der Waals surface area contributed by atoms with Gasteiger partial charge in [-0.1, -0.05) is 6.54 Å². The van der Waals surface area contributed by atoms with Gasteiger partial charge >= 0.3 is 0 Å². The van der Waals surface area contributed by atoms with E-state index in [0.29, 0.717) is 13.2 Å². The van der Waals surface area contributed by atoms with Crippen LogP contribution in [0.4, 0.5) is 0 Å². The maximum atomic E-state index is 4.65. The molecule has 0 rings (SSSR count). The van der Waals surface area contributed by atoms with E-state index in [2.05, 4.69) is 17.1 Å². The topological polar surface area (TPSA) is 23.3 Å². The van der Waals surface area contributed by atoms with Gasteiger partial charge < -0.3 is 10.1 Å². The van der Waals surface area contributed by atoms with Gasteiger partial charge in [0.1, 0.15) is 0 Å². The van der Waals surface area contributed by atoms with Crippen LogP contribution in [0.2, 0.25) is 0 Å². The van der Waals surface area contributed by atoms with E-state index >= 15 is 0 Å². The summed E-state index contributed by atoms with van der Waals surface area (Å²) in [6.45, 7) is 1.39. The van der Waals surface area contributed by atoms with E-state index in [9.17, 15) is 0 Å². The summed E-state index contributed by atoms with van der Waals surface area (Å²) in [5, 5.41) is 3.55. The molecular formula is C4H9NO. The van der Waals surface area contributed by atoms with Crippen LogP contribution in [-0.4, -0.2) is 20.3 Å². The predicted molar refractivity (Wildman–Crippen MR) is 25.5 cm³/mol. The summed E-state index contributed by atoms with van der Waals surface area (Å²) in [5.74, 6) is 0. The Balaban J connectivity index is 2.34. The minimum atomic E-state index is 0.684. The molecule has 0 fully saturated rings. The van der Waals surface area contributed by atoms with E-state index in [1.807, 2.05) is 0 Å². The molecule has 0 aliphatic rings. The number of nitrogens with zero attached hydrogens (tertiary/aromatic N) is 1. The maximum Gasteiger partial charge on any atom is 0.0354 e. The van der Waals surface area contributed by atoms with E-state index in [1.54, 1.807) is 7.11 Å². The molecule has 0 radical (unpaired) electrons. The third-order valence-corrected chi connectivity index (χ3v) is 0.454. The molecule has 0 N–H and O–H groups in total. The van der Waals surface area contributed by atoms with E-state index < -0.39 is 0 Å². The van der Waals surface area contributed by atoms with Crippen molar-refractivity contribution in [3.05, 3.63) is 12.4 Å². The quantitative estimate of drug-likeness (QED) is 0.369. The van der Waals surface area contributed by atoms with Crippen LogP contribution in [0.1, 0.15) is 0 Å². The average Bonchev–Trinajstić information content (AvgIpc) is 1.61. The minimum Gasteiger partial charge on any atom is -0.456 e. The van der Waals surface area contributed by atoms with Crippen molar-refractivity contribution in [3.8, 4) is 0 Å². The first-order chi connectivity index (χ1) is 2.91. The molecule has 2 heteroatoms. The normalized spacial score (nSPS) is 8.83. The number of hydrogen-bond acceptors (Lipinski definition) is 1. The van der Waals surface area contributed by atoms with Crippen molar-refractivity contribution in [2.24, 2.45) is 0 Å². The van der Waals surface area contributed by atoms with Gasteiger partial charge in [-0.25, -0.2) is 0 Å². The summed E-state index contributed by atoms with van der Waals surface area (Å²) >= 11 is 0. The fraction of sp³-hybridized carbons (Fsp3) is 0.750. The molecule has 36 valence electrons. The lowest BCUT2D eigenvalue weighted by Gasteiger charge is -1.98. The molecule has 2 nitrogen and oxygen atoms in total. The number of rotatable bonds is 3. The molecule has 0 heterocycles. The van der Waals surface area contributed by atoms with Crippen LogP contribution in [0.15, 0.2) is 0 Å². The highest BCUT2D eigenvalue weighted by Crippen LogP contribution is 1.76. The second kappa shape index (κ2) is 4.79. The first kappa shape index (κ1) is 5.79. The van der Waals surface area contributed by atoms with Crippen molar-refractivity contribution in [2.75, 3.05) is 20.3 Å². The van der Waals surface area contributed by atoms with Crippen LogP contribution in [0.25, 0.3) is 5.32 Å². The maximum absolute atomic E-state index is 4.65. The van der Waals surface area contributed by atoms with Gasteiger partial charge in [0.15, 0.2) is 0 Å². The minimum absolute atomic E-state index is 0.684. The summed E-state index contributed by atoms with van der Waals surface area (Å²) < 4.78 is 4.65. The van der Waals surface area contributed by atoms with Crippen molar-refractivity contribution in [3.63, 3.8) is 0 Å². The van der Waals surface area contributed by atoms with E-state index in [1.165, 1.54) is 0 Å². The summed E-state index contributed by atoms with van der Waals surface area (Å²) in [4.78, 5) is 0. The van der Waals surface area contributed by atoms with Crippen LogP contribution in [-0.2, 0) is 4.74 Å². The monoisotopic (exact) mass is 87.1 g/mol. The molecule has 0 aromatic rings. The molecule has 0 saturated carbocycles. The van der Waals surface area contributed by atoms with Crippen LogP contribution in [0.5, 0.6) is 0 Å². The van der Waals surface area contributed by atoms with Crippen molar-refractivity contribution < 1.29 is 4.74 Å². The Morgan fingerprint density at radius 1 is 1.83 bits per heavy atom. The molecule has 0 amide bonds. The fourth-order valence-corrected chi connectivity index (χ4v) is 0.156. The summed E-state index contributed by atoms with van der Waals surface area (Å²) in [7, 11) is 4.91. The molecule has 0 saturated heterocycles. The smallest absolute Gasteiger partial charge is 0.0354 e. The van der Waals surface area contributed by atoms with Gasteiger partial charge in [0, 0.05) is 13.7 Å². The van der Waals surface area contributed by atoms with Crippen molar-refractivity contribution in [2.45, 2.75) is 0 Å². The molecule has 0 bridgehead atoms. The van der Waals surface area contributed by atoms with Gasteiger partial charge in [-0.15, -0.1) is 0 Å². The number of hydrogen-bond donors (Lipinski definition) is 0. The van der Waals surface area contributed by atoms with E-state index in [-0.39, 0.29) is 0 Å². The van der Waals surface area contributed by atoms with Gasteiger partial charge in [0.25, 0.3) is 0 Å². The summed E-state index contributed by atoms with van der Waals surface area (Å²) in [6, 6.07) is 0. The van der Waals surface area contributed by atoms with Crippen LogP contribution < -0.4 is 0 Å². The average molecular weight is 87.1 g/mol. The first-order valence-corrected chi connectivity index (χ1v) is 1.83. The largest absolute Gasteiger partial charge is 0.456 e. The zero-order chi connectivity index (χ0) is 4.83. The van der Waals surface area contributed by atoms with Gasteiger partial charge in [-0.2, -0.15) is 0 Å². The molecule has 0 aromatic carbocycles. The number of methoxy groups -OCH3 is 1. The van der Waals surface area contributed by atoms with Gasteiger partial charge in [-0.05, 0) is 7.05 Å². The second-order valence-corrected chi connectivity index (χ2v) is 0.940. The van der Waals surface area contributed by atoms with Gasteiger partial charge in [0.05, 0.1) is 0 Å². The first-order valence-electron chi connectivity index (χ1n) is 1.83. The van der Waals surface area contributed by atoms with E-state index in [0.717, 1.165) is 0 Å². The lowest BCUT2D eigenvalue weighted by Crippen LogP contribution is -1.90. The van der Waals surface area contributed by atoms with E-state index in [4.69, 9.17) is 0 Å². The lowest BCUT2D eigenvalue weighted by atomic mass is 10.7. The summed E-state index contributed by atoms with van der Waals surface area (Å²) in [6.07, 6.45) is 0. The molecule has 0 aliphatic heterocycles. The summed E-state index contributed by atoms with van der Waals surface area (Å²) in [5.41, 5.74) is 0.